The minimum Gasteiger partial charge on any atom is -0.369 e. The summed E-state index contributed by atoms with van der Waals surface area (Å²) in [4.78, 5) is 8.24. The Labute approximate surface area is 94.3 Å². The van der Waals surface area contributed by atoms with Crippen molar-refractivity contribution in [2.24, 2.45) is 5.92 Å². The fourth-order valence-electron chi connectivity index (χ4n) is 1.54. The highest BCUT2D eigenvalue weighted by Gasteiger charge is 2.11. The Kier molecular flexibility index (Phi) is 3.03. The molecule has 0 atom stereocenters. The maximum Gasteiger partial charge on any atom is 0.263 e. The zero-order valence-corrected chi connectivity index (χ0v) is 9.82. The highest BCUT2D eigenvalue weighted by molar-refractivity contribution is 5.87. The zero-order valence-electron chi connectivity index (χ0n) is 9.82. The molecular weight excluding hydrogens is 204 g/mol. The Morgan fingerprint density at radius 2 is 2.19 bits per heavy atom. The molecule has 5 heteroatoms. The van der Waals surface area contributed by atoms with Crippen molar-refractivity contribution in [2.45, 2.75) is 27.2 Å². The SMILES string of the molecule is Cc1noc2ncnc(NCCC(C)C)c12. The first kappa shape index (κ1) is 10.9. The summed E-state index contributed by atoms with van der Waals surface area (Å²) in [6, 6.07) is 0. The molecule has 0 saturated carbocycles. The number of nitrogens with one attached hydrogen (secondary N) is 1. The standard InChI is InChI=1S/C11H16N4O/c1-7(2)4-5-12-10-9-8(3)15-16-11(9)14-6-13-10/h6-7H,4-5H2,1-3H3,(H,12,13,14). The van der Waals surface area contributed by atoms with Crippen LogP contribution in [0.5, 0.6) is 0 Å². The summed E-state index contributed by atoms with van der Waals surface area (Å²) in [6.07, 6.45) is 2.60. The maximum absolute atomic E-state index is 5.08. The van der Waals surface area contributed by atoms with Crippen LogP contribution in [0.3, 0.4) is 0 Å². The lowest BCUT2D eigenvalue weighted by Crippen LogP contribution is -2.06. The van der Waals surface area contributed by atoms with E-state index in [2.05, 4.69) is 34.3 Å². The van der Waals surface area contributed by atoms with Crippen LogP contribution >= 0.6 is 0 Å². The van der Waals surface area contributed by atoms with Gasteiger partial charge in [-0.1, -0.05) is 19.0 Å². The highest BCUT2D eigenvalue weighted by Crippen LogP contribution is 2.22. The first-order valence-electron chi connectivity index (χ1n) is 5.49. The second-order valence-corrected chi connectivity index (χ2v) is 4.28. The topological polar surface area (TPSA) is 63.8 Å². The van der Waals surface area contributed by atoms with E-state index in [1.165, 1.54) is 6.33 Å². The fraction of sp³-hybridized carbons (Fsp3) is 0.545. The van der Waals surface area contributed by atoms with Gasteiger partial charge in [0.2, 0.25) is 0 Å². The summed E-state index contributed by atoms with van der Waals surface area (Å²) in [5, 5.41) is 8.06. The van der Waals surface area contributed by atoms with Crippen LogP contribution in [0.15, 0.2) is 10.9 Å². The Morgan fingerprint density at radius 3 is 2.94 bits per heavy atom. The maximum atomic E-state index is 5.08. The Morgan fingerprint density at radius 1 is 1.38 bits per heavy atom. The van der Waals surface area contributed by atoms with E-state index in [9.17, 15) is 0 Å². The number of hydrogen-bond acceptors (Lipinski definition) is 5. The molecule has 0 radical (unpaired) electrons. The summed E-state index contributed by atoms with van der Waals surface area (Å²) < 4.78 is 5.08. The molecule has 0 aliphatic heterocycles. The van der Waals surface area contributed by atoms with Crippen LogP contribution < -0.4 is 5.32 Å². The molecule has 0 saturated heterocycles. The van der Waals surface area contributed by atoms with E-state index in [1.54, 1.807) is 0 Å². The van der Waals surface area contributed by atoms with Gasteiger partial charge in [-0.3, -0.25) is 0 Å². The van der Waals surface area contributed by atoms with Crippen LogP contribution in [0.1, 0.15) is 26.0 Å². The predicted octanol–water partition coefficient (Wildman–Crippen LogP) is 2.38. The quantitative estimate of drug-likeness (QED) is 0.857. The number of aryl methyl sites for hydroxylation is 1. The van der Waals surface area contributed by atoms with Gasteiger partial charge in [-0.15, -0.1) is 0 Å². The first-order chi connectivity index (χ1) is 7.68. The number of fused-ring (bicyclic) bond motifs is 1. The van der Waals surface area contributed by atoms with E-state index in [1.807, 2.05) is 6.92 Å². The first-order valence-corrected chi connectivity index (χ1v) is 5.49. The largest absolute Gasteiger partial charge is 0.369 e. The lowest BCUT2D eigenvalue weighted by Gasteiger charge is -2.07. The van der Waals surface area contributed by atoms with E-state index < -0.39 is 0 Å². The van der Waals surface area contributed by atoms with Crippen LogP contribution in [0, 0.1) is 12.8 Å². The van der Waals surface area contributed by atoms with Crippen molar-refractivity contribution in [3.63, 3.8) is 0 Å². The van der Waals surface area contributed by atoms with E-state index in [0.717, 1.165) is 29.9 Å². The molecule has 0 unspecified atom stereocenters. The molecule has 0 bridgehead atoms. The minimum atomic E-state index is 0.541. The van der Waals surface area contributed by atoms with Crippen molar-refractivity contribution >= 4 is 16.9 Å². The van der Waals surface area contributed by atoms with Gasteiger partial charge in [0.1, 0.15) is 17.5 Å². The van der Waals surface area contributed by atoms with Crippen LogP contribution in [0.4, 0.5) is 5.82 Å². The smallest absolute Gasteiger partial charge is 0.263 e. The molecular formula is C11H16N4O. The molecule has 5 nitrogen and oxygen atoms in total. The van der Waals surface area contributed by atoms with Crippen molar-refractivity contribution in [3.8, 4) is 0 Å². The van der Waals surface area contributed by atoms with Gasteiger partial charge < -0.3 is 9.84 Å². The van der Waals surface area contributed by atoms with E-state index in [4.69, 9.17) is 4.52 Å². The molecule has 0 fully saturated rings. The predicted molar refractivity (Wildman–Crippen MR) is 62.3 cm³/mol. The third-order valence-corrected chi connectivity index (χ3v) is 2.46. The van der Waals surface area contributed by atoms with Gasteiger partial charge in [0.05, 0.1) is 5.69 Å². The molecule has 0 aliphatic rings. The van der Waals surface area contributed by atoms with Crippen LogP contribution in [0.2, 0.25) is 0 Å². The Hall–Kier alpha value is -1.65. The van der Waals surface area contributed by atoms with Crippen LogP contribution in [-0.4, -0.2) is 21.7 Å². The molecule has 16 heavy (non-hydrogen) atoms. The molecule has 1 N–H and O–H groups in total. The van der Waals surface area contributed by atoms with Gasteiger partial charge in [-0.25, -0.2) is 4.98 Å². The zero-order chi connectivity index (χ0) is 11.5. The van der Waals surface area contributed by atoms with Gasteiger partial charge in [0.15, 0.2) is 0 Å². The van der Waals surface area contributed by atoms with Crippen LogP contribution in [0.25, 0.3) is 11.1 Å². The summed E-state index contributed by atoms with van der Waals surface area (Å²) in [5.74, 6) is 1.48. The summed E-state index contributed by atoms with van der Waals surface area (Å²) >= 11 is 0. The van der Waals surface area contributed by atoms with E-state index in [-0.39, 0.29) is 0 Å². The number of rotatable bonds is 4. The molecule has 2 aromatic heterocycles. The number of aromatic nitrogens is 3. The number of hydrogen-bond donors (Lipinski definition) is 1. The lowest BCUT2D eigenvalue weighted by atomic mass is 10.1. The third-order valence-electron chi connectivity index (χ3n) is 2.46. The fourth-order valence-corrected chi connectivity index (χ4v) is 1.54. The molecule has 0 spiro atoms. The molecule has 86 valence electrons. The molecule has 0 amide bonds. The van der Waals surface area contributed by atoms with Crippen molar-refractivity contribution < 1.29 is 4.52 Å². The molecule has 0 aliphatic carbocycles. The summed E-state index contributed by atoms with van der Waals surface area (Å²) in [5.41, 5.74) is 1.36. The van der Waals surface area contributed by atoms with Gasteiger partial charge in [-0.2, -0.15) is 4.98 Å². The summed E-state index contributed by atoms with van der Waals surface area (Å²) in [6.45, 7) is 7.18. The normalized spacial score (nSPS) is 11.2. The molecule has 2 rings (SSSR count). The molecule has 2 aromatic rings. The van der Waals surface area contributed by atoms with E-state index >= 15 is 0 Å². The second-order valence-electron chi connectivity index (χ2n) is 4.28. The second kappa shape index (κ2) is 4.47. The van der Waals surface area contributed by atoms with Gasteiger partial charge >= 0.3 is 0 Å². The van der Waals surface area contributed by atoms with Crippen molar-refractivity contribution in [3.05, 3.63) is 12.0 Å². The van der Waals surface area contributed by atoms with Gasteiger partial charge in [0, 0.05) is 6.54 Å². The van der Waals surface area contributed by atoms with Crippen molar-refractivity contribution in [1.82, 2.24) is 15.1 Å². The van der Waals surface area contributed by atoms with Gasteiger partial charge in [0.25, 0.3) is 5.71 Å². The molecule has 2 heterocycles. The van der Waals surface area contributed by atoms with Crippen LogP contribution in [-0.2, 0) is 0 Å². The number of anilines is 1. The number of nitrogens with zero attached hydrogens (tertiary/aromatic N) is 3. The monoisotopic (exact) mass is 220 g/mol. The average Bonchev–Trinajstić information content (AvgIpc) is 2.61. The third kappa shape index (κ3) is 2.13. The van der Waals surface area contributed by atoms with Gasteiger partial charge in [-0.05, 0) is 19.3 Å². The average molecular weight is 220 g/mol. The van der Waals surface area contributed by atoms with E-state index in [0.29, 0.717) is 11.6 Å². The van der Waals surface area contributed by atoms with Crippen molar-refractivity contribution in [1.29, 1.82) is 0 Å². The summed E-state index contributed by atoms with van der Waals surface area (Å²) in [7, 11) is 0. The lowest BCUT2D eigenvalue weighted by molar-refractivity contribution is 0.442. The Bertz CT molecular complexity index is 478. The highest BCUT2D eigenvalue weighted by atomic mass is 16.5. The minimum absolute atomic E-state index is 0.541. The van der Waals surface area contributed by atoms with Crippen molar-refractivity contribution in [2.75, 3.05) is 11.9 Å². The molecule has 0 aromatic carbocycles. The Balaban J connectivity index is 2.20.